The van der Waals surface area contributed by atoms with Gasteiger partial charge in [-0.1, -0.05) is 19.1 Å². The van der Waals surface area contributed by atoms with Crippen LogP contribution in [0.5, 0.6) is 0 Å². The van der Waals surface area contributed by atoms with Crippen molar-refractivity contribution in [2.24, 2.45) is 0 Å². The molecule has 1 amide bonds. The Kier molecular flexibility index (Phi) is 5.17. The summed E-state index contributed by atoms with van der Waals surface area (Å²) in [6.45, 7) is 2.03. The molecule has 0 bridgehead atoms. The lowest BCUT2D eigenvalue weighted by atomic mass is 9.87. The fourth-order valence-electron chi connectivity index (χ4n) is 2.25. The lowest BCUT2D eigenvalue weighted by Crippen LogP contribution is -2.30. The summed E-state index contributed by atoms with van der Waals surface area (Å²) in [5.74, 6) is 0.327. The first-order valence-corrected chi connectivity index (χ1v) is 7.86. The van der Waals surface area contributed by atoms with Gasteiger partial charge in [0, 0.05) is 24.5 Å². The number of nitro groups is 1. The number of non-ortho nitro benzene ring substituents is 1. The first kappa shape index (κ1) is 16.0. The van der Waals surface area contributed by atoms with E-state index >= 15 is 0 Å². The zero-order chi connectivity index (χ0) is 16.1. The van der Waals surface area contributed by atoms with Gasteiger partial charge in [0.2, 0.25) is 5.91 Å². The number of nitrogens with one attached hydrogen (secondary N) is 1. The van der Waals surface area contributed by atoms with Crippen LogP contribution in [0.15, 0.2) is 34.9 Å². The molecule has 0 radical (unpaired) electrons. The number of nitriles is 1. The summed E-state index contributed by atoms with van der Waals surface area (Å²) in [6, 6.07) is 8.20. The maximum Gasteiger partial charge on any atom is 0.269 e. The van der Waals surface area contributed by atoms with Crippen LogP contribution in [0, 0.1) is 21.4 Å². The molecule has 1 unspecified atom stereocenters. The van der Waals surface area contributed by atoms with E-state index in [1.165, 1.54) is 23.9 Å². The van der Waals surface area contributed by atoms with Gasteiger partial charge in [0.05, 0.1) is 21.6 Å². The maximum absolute atomic E-state index is 11.9. The second kappa shape index (κ2) is 7.09. The Morgan fingerprint density at radius 2 is 2.14 bits per heavy atom. The molecule has 7 heteroatoms. The Bertz CT molecular complexity index is 662. The Hall–Kier alpha value is -2.33. The summed E-state index contributed by atoms with van der Waals surface area (Å²) < 4.78 is 0. The number of hydrogen-bond donors (Lipinski definition) is 1. The molecule has 0 aromatic heterocycles. The van der Waals surface area contributed by atoms with Gasteiger partial charge in [-0.05, 0) is 17.7 Å². The number of rotatable bonds is 5. The smallest absolute Gasteiger partial charge is 0.269 e. The minimum Gasteiger partial charge on any atom is -0.320 e. The standard InChI is InChI=1S/C15H15N3O3S/c1-2-7-22-15-13(9-16)12(8-14(19)17-15)10-3-5-11(6-4-10)18(20)21/h3-6,12H,2,7-8H2,1H3,(H,17,19). The summed E-state index contributed by atoms with van der Waals surface area (Å²) in [5.41, 5.74) is 1.26. The number of allylic oxidation sites excluding steroid dienone is 1. The van der Waals surface area contributed by atoms with Crippen LogP contribution < -0.4 is 5.32 Å². The van der Waals surface area contributed by atoms with E-state index in [0.717, 1.165) is 17.7 Å². The average molecular weight is 317 g/mol. The normalized spacial score (nSPS) is 17.8. The second-order valence-electron chi connectivity index (χ2n) is 4.86. The monoisotopic (exact) mass is 317 g/mol. The molecule has 114 valence electrons. The highest BCUT2D eigenvalue weighted by Gasteiger charge is 2.29. The topological polar surface area (TPSA) is 96.0 Å². The van der Waals surface area contributed by atoms with Gasteiger partial charge >= 0.3 is 0 Å². The highest BCUT2D eigenvalue weighted by atomic mass is 32.2. The number of carbonyl (C=O) groups excluding carboxylic acids is 1. The van der Waals surface area contributed by atoms with Gasteiger partial charge in [-0.25, -0.2) is 0 Å². The Balaban J connectivity index is 2.36. The maximum atomic E-state index is 11.9. The quantitative estimate of drug-likeness (QED) is 0.665. The molecule has 1 aromatic rings. The number of thioether (sulfide) groups is 1. The molecule has 1 N–H and O–H groups in total. The van der Waals surface area contributed by atoms with Crippen molar-refractivity contribution in [3.8, 4) is 6.07 Å². The van der Waals surface area contributed by atoms with Crippen LogP contribution >= 0.6 is 11.8 Å². The van der Waals surface area contributed by atoms with E-state index in [-0.39, 0.29) is 23.9 Å². The van der Waals surface area contributed by atoms with Gasteiger partial charge in [0.25, 0.3) is 5.69 Å². The van der Waals surface area contributed by atoms with Crippen molar-refractivity contribution in [3.63, 3.8) is 0 Å². The number of nitrogens with zero attached hydrogens (tertiary/aromatic N) is 2. The van der Waals surface area contributed by atoms with Crippen LogP contribution in [0.4, 0.5) is 5.69 Å². The number of nitro benzene ring substituents is 1. The van der Waals surface area contributed by atoms with Gasteiger partial charge in [-0.3, -0.25) is 14.9 Å². The molecule has 2 rings (SSSR count). The van der Waals surface area contributed by atoms with E-state index in [9.17, 15) is 20.2 Å². The minimum atomic E-state index is -0.471. The van der Waals surface area contributed by atoms with E-state index in [1.54, 1.807) is 12.1 Å². The van der Waals surface area contributed by atoms with Crippen LogP contribution in [0.3, 0.4) is 0 Å². The lowest BCUT2D eigenvalue weighted by molar-refractivity contribution is -0.384. The van der Waals surface area contributed by atoms with Crippen molar-refractivity contribution >= 4 is 23.4 Å². The van der Waals surface area contributed by atoms with Gasteiger partial charge in [-0.15, -0.1) is 11.8 Å². The number of benzene rings is 1. The molecule has 0 spiro atoms. The van der Waals surface area contributed by atoms with E-state index < -0.39 is 4.92 Å². The summed E-state index contributed by atoms with van der Waals surface area (Å²) in [4.78, 5) is 22.1. The Morgan fingerprint density at radius 1 is 1.45 bits per heavy atom. The lowest BCUT2D eigenvalue weighted by Gasteiger charge is -2.24. The molecular formula is C15H15N3O3S. The molecule has 0 saturated heterocycles. The third kappa shape index (κ3) is 3.46. The number of amides is 1. The van der Waals surface area contributed by atoms with Gasteiger partial charge in [-0.2, -0.15) is 5.26 Å². The van der Waals surface area contributed by atoms with Crippen molar-refractivity contribution < 1.29 is 9.72 Å². The third-order valence-electron chi connectivity index (χ3n) is 3.31. The van der Waals surface area contributed by atoms with Crippen LogP contribution in [-0.2, 0) is 4.79 Å². The third-order valence-corrected chi connectivity index (χ3v) is 4.54. The predicted molar refractivity (Wildman–Crippen MR) is 84.0 cm³/mol. The fourth-order valence-corrected chi connectivity index (χ4v) is 3.19. The minimum absolute atomic E-state index is 0.00733. The zero-order valence-electron chi connectivity index (χ0n) is 12.0. The van der Waals surface area contributed by atoms with Gasteiger partial charge < -0.3 is 5.32 Å². The molecule has 22 heavy (non-hydrogen) atoms. The molecule has 1 aliphatic rings. The zero-order valence-corrected chi connectivity index (χ0v) is 12.9. The Morgan fingerprint density at radius 3 is 2.68 bits per heavy atom. The van der Waals surface area contributed by atoms with E-state index in [4.69, 9.17) is 0 Å². The van der Waals surface area contributed by atoms with Gasteiger partial charge in [0.15, 0.2) is 0 Å². The van der Waals surface area contributed by atoms with E-state index in [1.807, 2.05) is 6.92 Å². The second-order valence-corrected chi connectivity index (χ2v) is 5.96. The van der Waals surface area contributed by atoms with Crippen LogP contribution in [-0.4, -0.2) is 16.6 Å². The molecule has 0 fully saturated rings. The predicted octanol–water partition coefficient (Wildman–Crippen LogP) is 3.08. The molecular weight excluding hydrogens is 302 g/mol. The molecule has 0 aliphatic carbocycles. The van der Waals surface area contributed by atoms with Crippen molar-refractivity contribution in [2.75, 3.05) is 5.75 Å². The largest absolute Gasteiger partial charge is 0.320 e. The average Bonchev–Trinajstić information content (AvgIpc) is 2.52. The molecule has 1 heterocycles. The van der Waals surface area contributed by atoms with Crippen LogP contribution in [0.1, 0.15) is 31.2 Å². The molecule has 1 atom stereocenters. The summed E-state index contributed by atoms with van der Waals surface area (Å²) in [6.07, 6.45) is 1.11. The van der Waals surface area contributed by atoms with Crippen molar-refractivity contribution in [3.05, 3.63) is 50.5 Å². The first-order chi connectivity index (χ1) is 10.6. The van der Waals surface area contributed by atoms with Crippen molar-refractivity contribution in [2.45, 2.75) is 25.7 Å². The van der Waals surface area contributed by atoms with Crippen LogP contribution in [0.25, 0.3) is 0 Å². The first-order valence-electron chi connectivity index (χ1n) is 6.88. The summed E-state index contributed by atoms with van der Waals surface area (Å²) in [7, 11) is 0. The molecule has 1 aliphatic heterocycles. The highest BCUT2D eigenvalue weighted by Crippen LogP contribution is 2.36. The summed E-state index contributed by atoms with van der Waals surface area (Å²) >= 11 is 1.46. The number of hydrogen-bond acceptors (Lipinski definition) is 5. The highest BCUT2D eigenvalue weighted by molar-refractivity contribution is 8.03. The molecule has 6 nitrogen and oxygen atoms in total. The van der Waals surface area contributed by atoms with Gasteiger partial charge in [0.1, 0.15) is 0 Å². The summed E-state index contributed by atoms with van der Waals surface area (Å²) in [5, 5.41) is 23.5. The molecule has 1 aromatic carbocycles. The fraction of sp³-hybridized carbons (Fsp3) is 0.333. The molecule has 0 saturated carbocycles. The van der Waals surface area contributed by atoms with Crippen molar-refractivity contribution in [1.29, 1.82) is 5.26 Å². The van der Waals surface area contributed by atoms with Crippen LogP contribution in [0.2, 0.25) is 0 Å². The van der Waals surface area contributed by atoms with Crippen molar-refractivity contribution in [1.82, 2.24) is 5.32 Å². The van der Waals surface area contributed by atoms with E-state index in [2.05, 4.69) is 11.4 Å². The van der Waals surface area contributed by atoms with E-state index in [0.29, 0.717) is 10.6 Å². The number of carbonyl (C=O) groups is 1. The SMILES string of the molecule is CCCSC1=C(C#N)C(c2ccc([N+](=O)[O-])cc2)CC(=O)N1. The Labute approximate surface area is 132 Å².